The minimum Gasteiger partial charge on any atom is -0.465 e. The van der Waals surface area contributed by atoms with Crippen LogP contribution in [0.1, 0.15) is 42.1 Å². The highest BCUT2D eigenvalue weighted by atomic mass is 16.5. The molecule has 1 aromatic heterocycles. The summed E-state index contributed by atoms with van der Waals surface area (Å²) in [6.07, 6.45) is 1.35. The molecule has 0 saturated heterocycles. The highest BCUT2D eigenvalue weighted by Crippen LogP contribution is 2.49. The molecule has 0 radical (unpaired) electrons. The fraction of sp³-hybridized carbons (Fsp3) is 0.290. The Morgan fingerprint density at radius 3 is 2.24 bits per heavy atom. The maximum absolute atomic E-state index is 12.4. The fourth-order valence-corrected chi connectivity index (χ4v) is 4.75. The number of ether oxygens (including phenoxy) is 1. The predicted octanol–water partition coefficient (Wildman–Crippen LogP) is 5.56. The molecule has 6 heteroatoms. The molecular formula is C31H32N2O4. The van der Waals surface area contributed by atoms with Gasteiger partial charge < -0.3 is 14.4 Å². The van der Waals surface area contributed by atoms with Gasteiger partial charge in [0.05, 0.1) is 17.7 Å². The molecule has 6 nitrogen and oxygen atoms in total. The van der Waals surface area contributed by atoms with Gasteiger partial charge in [0.1, 0.15) is 6.23 Å². The number of hydrogen-bond donors (Lipinski definition) is 2. The van der Waals surface area contributed by atoms with E-state index in [1.165, 1.54) is 0 Å². The SMILES string of the molecule is CCOC(=O)C1(c2ccc(-c3ccc(-c4onc(C)c4CC(O)NCc4ccccc4)cc3)cc2)CC1. The smallest absolute Gasteiger partial charge is 0.316 e. The van der Waals surface area contributed by atoms with Gasteiger partial charge in [-0.05, 0) is 48.9 Å². The molecule has 2 N–H and O–H groups in total. The summed E-state index contributed by atoms with van der Waals surface area (Å²) in [4.78, 5) is 12.4. The van der Waals surface area contributed by atoms with Crippen LogP contribution in [-0.2, 0) is 27.9 Å². The van der Waals surface area contributed by atoms with Crippen molar-refractivity contribution < 1.29 is 19.2 Å². The summed E-state index contributed by atoms with van der Waals surface area (Å²) in [5.41, 5.74) is 6.38. The van der Waals surface area contributed by atoms with Crippen LogP contribution in [0.3, 0.4) is 0 Å². The average Bonchev–Trinajstić information content (AvgIpc) is 3.67. The van der Waals surface area contributed by atoms with Gasteiger partial charge in [-0.25, -0.2) is 0 Å². The number of nitrogens with one attached hydrogen (secondary N) is 1. The Morgan fingerprint density at radius 1 is 1.00 bits per heavy atom. The molecule has 1 unspecified atom stereocenters. The van der Waals surface area contributed by atoms with E-state index >= 15 is 0 Å². The summed E-state index contributed by atoms with van der Waals surface area (Å²) in [5.74, 6) is 0.552. The van der Waals surface area contributed by atoms with Crippen LogP contribution in [0.4, 0.5) is 0 Å². The molecule has 37 heavy (non-hydrogen) atoms. The first-order chi connectivity index (χ1) is 18.0. The number of carbonyl (C=O) groups is 1. The summed E-state index contributed by atoms with van der Waals surface area (Å²) >= 11 is 0. The first kappa shape index (κ1) is 24.9. The monoisotopic (exact) mass is 496 g/mol. The lowest BCUT2D eigenvalue weighted by Gasteiger charge is -2.15. The van der Waals surface area contributed by atoms with E-state index in [1.807, 2.05) is 80.6 Å². The van der Waals surface area contributed by atoms with Gasteiger partial charge in [-0.15, -0.1) is 0 Å². The lowest BCUT2D eigenvalue weighted by Crippen LogP contribution is -2.30. The maximum Gasteiger partial charge on any atom is 0.316 e. The van der Waals surface area contributed by atoms with Gasteiger partial charge in [0.15, 0.2) is 5.76 Å². The Balaban J connectivity index is 1.27. The van der Waals surface area contributed by atoms with E-state index in [0.717, 1.165) is 51.9 Å². The van der Waals surface area contributed by atoms with Crippen molar-refractivity contribution in [3.8, 4) is 22.5 Å². The van der Waals surface area contributed by atoms with E-state index < -0.39 is 11.6 Å². The normalized spacial score (nSPS) is 14.8. The van der Waals surface area contributed by atoms with E-state index in [-0.39, 0.29) is 5.97 Å². The second-order valence-electron chi connectivity index (χ2n) is 9.62. The molecule has 4 aromatic rings. The Kier molecular flexibility index (Phi) is 7.22. The van der Waals surface area contributed by atoms with Crippen molar-refractivity contribution in [2.45, 2.75) is 51.3 Å². The molecule has 1 fully saturated rings. The lowest BCUT2D eigenvalue weighted by molar-refractivity contribution is -0.146. The van der Waals surface area contributed by atoms with Gasteiger partial charge in [-0.3, -0.25) is 10.1 Å². The van der Waals surface area contributed by atoms with Crippen molar-refractivity contribution in [2.24, 2.45) is 0 Å². The number of aliphatic hydroxyl groups is 1. The molecule has 1 heterocycles. The molecule has 1 aliphatic carbocycles. The zero-order valence-corrected chi connectivity index (χ0v) is 21.2. The van der Waals surface area contributed by atoms with Gasteiger partial charge in [-0.1, -0.05) is 84.0 Å². The van der Waals surface area contributed by atoms with Gasteiger partial charge in [-0.2, -0.15) is 0 Å². The highest BCUT2D eigenvalue weighted by molar-refractivity contribution is 5.87. The number of hydrogen-bond acceptors (Lipinski definition) is 6. The van der Waals surface area contributed by atoms with E-state index in [4.69, 9.17) is 9.26 Å². The summed E-state index contributed by atoms with van der Waals surface area (Å²) < 4.78 is 11.0. The second kappa shape index (κ2) is 10.7. The molecule has 190 valence electrons. The van der Waals surface area contributed by atoms with Crippen LogP contribution in [0, 0.1) is 6.92 Å². The van der Waals surface area contributed by atoms with Crippen LogP contribution in [0.25, 0.3) is 22.5 Å². The molecule has 1 atom stereocenters. The van der Waals surface area contributed by atoms with Crippen LogP contribution in [0.15, 0.2) is 83.4 Å². The van der Waals surface area contributed by atoms with Crippen molar-refractivity contribution in [3.63, 3.8) is 0 Å². The number of aliphatic hydroxyl groups excluding tert-OH is 1. The number of benzene rings is 3. The molecule has 1 saturated carbocycles. The van der Waals surface area contributed by atoms with Crippen LogP contribution in [0.5, 0.6) is 0 Å². The molecular weight excluding hydrogens is 464 g/mol. The Hall–Kier alpha value is -3.74. The third-order valence-electron chi connectivity index (χ3n) is 7.10. The molecule has 5 rings (SSSR count). The van der Waals surface area contributed by atoms with Crippen molar-refractivity contribution in [1.82, 2.24) is 10.5 Å². The second-order valence-corrected chi connectivity index (χ2v) is 9.62. The number of rotatable bonds is 10. The van der Waals surface area contributed by atoms with Crippen molar-refractivity contribution >= 4 is 5.97 Å². The third kappa shape index (κ3) is 5.36. The van der Waals surface area contributed by atoms with Gasteiger partial charge in [0.2, 0.25) is 0 Å². The molecule has 3 aromatic carbocycles. The summed E-state index contributed by atoms with van der Waals surface area (Å²) in [6.45, 7) is 4.72. The maximum atomic E-state index is 12.4. The number of aryl methyl sites for hydroxylation is 1. The van der Waals surface area contributed by atoms with Crippen LogP contribution in [-0.4, -0.2) is 29.1 Å². The topological polar surface area (TPSA) is 84.6 Å². The summed E-state index contributed by atoms with van der Waals surface area (Å²) in [7, 11) is 0. The lowest BCUT2D eigenvalue weighted by atomic mass is 9.93. The standard InChI is InChI=1S/C31H32N2O4/c1-3-36-30(35)31(17-18-31)26-15-13-24(14-16-26)23-9-11-25(12-10-23)29-27(21(2)33-37-29)19-28(34)32-20-22-7-5-4-6-8-22/h4-16,28,32,34H,3,17-20H2,1-2H3. The van der Waals surface area contributed by atoms with Gasteiger partial charge >= 0.3 is 5.97 Å². The molecule has 0 aliphatic heterocycles. The van der Waals surface area contributed by atoms with Crippen LogP contribution in [0.2, 0.25) is 0 Å². The number of aromatic nitrogens is 1. The van der Waals surface area contributed by atoms with E-state index in [9.17, 15) is 9.90 Å². The first-order valence-electron chi connectivity index (χ1n) is 12.8. The van der Waals surface area contributed by atoms with Crippen molar-refractivity contribution in [3.05, 3.63) is 101 Å². The fourth-order valence-electron chi connectivity index (χ4n) is 4.75. The Labute approximate surface area is 217 Å². The molecule has 0 spiro atoms. The summed E-state index contributed by atoms with van der Waals surface area (Å²) in [6, 6.07) is 26.3. The Morgan fingerprint density at radius 2 is 1.62 bits per heavy atom. The predicted molar refractivity (Wildman–Crippen MR) is 143 cm³/mol. The zero-order valence-electron chi connectivity index (χ0n) is 21.2. The van der Waals surface area contributed by atoms with Crippen molar-refractivity contribution in [2.75, 3.05) is 6.61 Å². The largest absolute Gasteiger partial charge is 0.465 e. The van der Waals surface area contributed by atoms with E-state index in [2.05, 4.69) is 22.6 Å². The van der Waals surface area contributed by atoms with Gasteiger partial charge in [0, 0.05) is 24.1 Å². The average molecular weight is 497 g/mol. The van der Waals surface area contributed by atoms with Crippen LogP contribution >= 0.6 is 0 Å². The molecule has 0 bridgehead atoms. The van der Waals surface area contributed by atoms with Crippen molar-refractivity contribution in [1.29, 1.82) is 0 Å². The van der Waals surface area contributed by atoms with Gasteiger partial charge in [0.25, 0.3) is 0 Å². The Bertz CT molecular complexity index is 1340. The quantitative estimate of drug-likeness (QED) is 0.221. The molecule has 1 aliphatic rings. The number of esters is 1. The minimum atomic E-state index is -0.723. The third-order valence-corrected chi connectivity index (χ3v) is 7.10. The van der Waals surface area contributed by atoms with Crippen LogP contribution < -0.4 is 5.32 Å². The summed E-state index contributed by atoms with van der Waals surface area (Å²) in [5, 5.41) is 17.9. The molecule has 0 amide bonds. The zero-order chi connectivity index (χ0) is 25.8. The first-order valence-corrected chi connectivity index (χ1v) is 12.8. The van der Waals surface area contributed by atoms with E-state index in [1.54, 1.807) is 0 Å². The minimum absolute atomic E-state index is 0.120. The number of nitrogens with zero attached hydrogens (tertiary/aromatic N) is 1. The van der Waals surface area contributed by atoms with E-state index in [0.29, 0.717) is 25.3 Å². The highest BCUT2D eigenvalue weighted by Gasteiger charge is 2.52. The number of carbonyl (C=O) groups excluding carboxylic acids is 1.